The van der Waals surface area contributed by atoms with E-state index in [0.717, 1.165) is 11.3 Å². The normalized spacial score (nSPS) is 19.0. The summed E-state index contributed by atoms with van der Waals surface area (Å²) in [5.41, 5.74) is 2.46. The van der Waals surface area contributed by atoms with E-state index < -0.39 is 0 Å². The van der Waals surface area contributed by atoms with Gasteiger partial charge in [0, 0.05) is 12.7 Å². The van der Waals surface area contributed by atoms with Gasteiger partial charge in [-0.15, -0.1) is 0 Å². The standard InChI is InChI=1S/C13H15N3OS/c1-8-10(12(17)14-2)11(16-13(18)15-8)9-6-4-3-5-7-9/h3-7,11H,1-2H3,(H,14,17)(H2,15,16,18)/t11-/m1/s1. The fraction of sp³-hybridized carbons (Fsp3) is 0.231. The van der Waals surface area contributed by atoms with Gasteiger partial charge in [-0.05, 0) is 24.7 Å². The number of nitrogens with one attached hydrogen (secondary N) is 3. The average molecular weight is 261 g/mol. The van der Waals surface area contributed by atoms with Crippen LogP contribution in [0.4, 0.5) is 0 Å². The molecule has 1 aliphatic heterocycles. The van der Waals surface area contributed by atoms with Gasteiger partial charge in [0.05, 0.1) is 11.6 Å². The number of hydrogen-bond donors (Lipinski definition) is 3. The Bertz CT molecular complexity index is 510. The molecule has 1 aliphatic rings. The Morgan fingerprint density at radius 1 is 1.33 bits per heavy atom. The SMILES string of the molecule is CNC(=O)C1=C(C)NC(=S)N[C@@H]1c1ccccc1. The summed E-state index contributed by atoms with van der Waals surface area (Å²) in [5.74, 6) is -0.108. The molecule has 0 aromatic heterocycles. The molecule has 2 rings (SSSR count). The monoisotopic (exact) mass is 261 g/mol. The molecule has 0 bridgehead atoms. The Morgan fingerprint density at radius 2 is 2.00 bits per heavy atom. The van der Waals surface area contributed by atoms with E-state index in [9.17, 15) is 4.79 Å². The summed E-state index contributed by atoms with van der Waals surface area (Å²) < 4.78 is 0. The highest BCUT2D eigenvalue weighted by Gasteiger charge is 2.28. The quantitative estimate of drug-likeness (QED) is 0.701. The molecule has 94 valence electrons. The summed E-state index contributed by atoms with van der Waals surface area (Å²) in [4.78, 5) is 12.0. The van der Waals surface area contributed by atoms with Crippen molar-refractivity contribution in [2.45, 2.75) is 13.0 Å². The first kappa shape index (κ1) is 12.6. The molecular formula is C13H15N3OS. The number of hydrogen-bond acceptors (Lipinski definition) is 2. The average Bonchev–Trinajstić information content (AvgIpc) is 2.38. The van der Waals surface area contributed by atoms with Gasteiger partial charge in [-0.25, -0.2) is 0 Å². The van der Waals surface area contributed by atoms with Crippen LogP contribution in [0.2, 0.25) is 0 Å². The molecule has 0 saturated heterocycles. The summed E-state index contributed by atoms with van der Waals surface area (Å²) in [6.07, 6.45) is 0. The fourth-order valence-corrected chi connectivity index (χ4v) is 2.30. The molecule has 0 fully saturated rings. The van der Waals surface area contributed by atoms with E-state index in [1.165, 1.54) is 0 Å². The van der Waals surface area contributed by atoms with Gasteiger partial charge in [-0.1, -0.05) is 30.3 Å². The molecule has 0 saturated carbocycles. The zero-order valence-corrected chi connectivity index (χ0v) is 11.1. The van der Waals surface area contributed by atoms with Crippen LogP contribution in [-0.4, -0.2) is 18.1 Å². The van der Waals surface area contributed by atoms with E-state index in [1.807, 2.05) is 37.3 Å². The lowest BCUT2D eigenvalue weighted by atomic mass is 9.95. The van der Waals surface area contributed by atoms with E-state index in [2.05, 4.69) is 16.0 Å². The predicted molar refractivity (Wildman–Crippen MR) is 74.8 cm³/mol. The van der Waals surface area contributed by atoms with Crippen LogP contribution >= 0.6 is 12.2 Å². The molecule has 1 amide bonds. The maximum Gasteiger partial charge on any atom is 0.251 e. The second-order valence-corrected chi connectivity index (χ2v) is 4.47. The number of benzene rings is 1. The number of allylic oxidation sites excluding steroid dienone is 1. The number of thiocarbonyl (C=S) groups is 1. The van der Waals surface area contributed by atoms with E-state index in [0.29, 0.717) is 10.7 Å². The minimum Gasteiger partial charge on any atom is -0.355 e. The van der Waals surface area contributed by atoms with E-state index in [4.69, 9.17) is 12.2 Å². The third kappa shape index (κ3) is 2.36. The third-order valence-electron chi connectivity index (χ3n) is 2.87. The van der Waals surface area contributed by atoms with Crippen molar-refractivity contribution in [3.63, 3.8) is 0 Å². The first-order valence-corrected chi connectivity index (χ1v) is 6.09. The number of carbonyl (C=O) groups is 1. The lowest BCUT2D eigenvalue weighted by Gasteiger charge is -2.30. The molecule has 0 radical (unpaired) electrons. The van der Waals surface area contributed by atoms with E-state index >= 15 is 0 Å². The molecule has 1 atom stereocenters. The Kier molecular flexibility index (Phi) is 3.62. The molecule has 0 unspecified atom stereocenters. The van der Waals surface area contributed by atoms with Crippen molar-refractivity contribution in [1.82, 2.24) is 16.0 Å². The first-order chi connectivity index (χ1) is 8.63. The van der Waals surface area contributed by atoms with Crippen molar-refractivity contribution < 1.29 is 4.79 Å². The van der Waals surface area contributed by atoms with Crippen molar-refractivity contribution >= 4 is 23.2 Å². The van der Waals surface area contributed by atoms with Gasteiger partial charge in [0.25, 0.3) is 5.91 Å². The summed E-state index contributed by atoms with van der Waals surface area (Å²) in [7, 11) is 1.62. The molecule has 3 N–H and O–H groups in total. The third-order valence-corrected chi connectivity index (χ3v) is 3.09. The Hall–Kier alpha value is -1.88. The Balaban J connectivity index is 2.46. The molecule has 5 heteroatoms. The van der Waals surface area contributed by atoms with E-state index in [1.54, 1.807) is 7.05 Å². The summed E-state index contributed by atoms with van der Waals surface area (Å²) >= 11 is 5.15. The van der Waals surface area contributed by atoms with Crippen molar-refractivity contribution in [3.05, 3.63) is 47.2 Å². The maximum absolute atomic E-state index is 12.0. The highest BCUT2D eigenvalue weighted by Crippen LogP contribution is 2.26. The molecular weight excluding hydrogens is 246 g/mol. The molecule has 4 nitrogen and oxygen atoms in total. The van der Waals surface area contributed by atoms with Crippen molar-refractivity contribution in [3.8, 4) is 0 Å². The molecule has 1 aromatic carbocycles. The lowest BCUT2D eigenvalue weighted by molar-refractivity contribution is -0.117. The van der Waals surface area contributed by atoms with Gasteiger partial charge in [0.2, 0.25) is 0 Å². The predicted octanol–water partition coefficient (Wildman–Crippen LogP) is 1.23. The van der Waals surface area contributed by atoms with Crippen molar-refractivity contribution in [2.75, 3.05) is 7.05 Å². The minimum absolute atomic E-state index is 0.108. The van der Waals surface area contributed by atoms with Crippen LogP contribution in [0.5, 0.6) is 0 Å². The second-order valence-electron chi connectivity index (χ2n) is 4.06. The molecule has 1 aromatic rings. The van der Waals surface area contributed by atoms with Crippen LogP contribution in [-0.2, 0) is 4.79 Å². The number of likely N-dealkylation sites (N-methyl/N-ethyl adjacent to an activating group) is 1. The summed E-state index contributed by atoms with van der Waals surface area (Å²) in [6.45, 7) is 1.85. The van der Waals surface area contributed by atoms with Crippen molar-refractivity contribution in [1.29, 1.82) is 0 Å². The lowest BCUT2D eigenvalue weighted by Crippen LogP contribution is -2.46. The molecule has 1 heterocycles. The van der Waals surface area contributed by atoms with Crippen LogP contribution < -0.4 is 16.0 Å². The molecule has 0 aliphatic carbocycles. The Morgan fingerprint density at radius 3 is 2.61 bits per heavy atom. The minimum atomic E-state index is -0.208. The van der Waals surface area contributed by atoms with Crippen LogP contribution in [0.1, 0.15) is 18.5 Å². The zero-order chi connectivity index (χ0) is 13.1. The van der Waals surface area contributed by atoms with Crippen LogP contribution in [0, 0.1) is 0 Å². The van der Waals surface area contributed by atoms with Gasteiger partial charge in [0.15, 0.2) is 5.11 Å². The highest BCUT2D eigenvalue weighted by molar-refractivity contribution is 7.80. The van der Waals surface area contributed by atoms with Crippen LogP contribution in [0.25, 0.3) is 0 Å². The number of carbonyl (C=O) groups excluding carboxylic acids is 1. The van der Waals surface area contributed by atoms with Gasteiger partial charge in [-0.2, -0.15) is 0 Å². The zero-order valence-electron chi connectivity index (χ0n) is 10.3. The topological polar surface area (TPSA) is 53.2 Å². The summed E-state index contributed by atoms with van der Waals surface area (Å²) in [5, 5.41) is 9.31. The highest BCUT2D eigenvalue weighted by atomic mass is 32.1. The molecule has 18 heavy (non-hydrogen) atoms. The maximum atomic E-state index is 12.0. The van der Waals surface area contributed by atoms with Crippen LogP contribution in [0.15, 0.2) is 41.6 Å². The Labute approximate surface area is 111 Å². The van der Waals surface area contributed by atoms with Gasteiger partial charge in [-0.3, -0.25) is 4.79 Å². The van der Waals surface area contributed by atoms with E-state index in [-0.39, 0.29) is 11.9 Å². The van der Waals surface area contributed by atoms with Gasteiger partial charge < -0.3 is 16.0 Å². The van der Waals surface area contributed by atoms with Gasteiger partial charge in [0.1, 0.15) is 0 Å². The second kappa shape index (κ2) is 5.18. The first-order valence-electron chi connectivity index (χ1n) is 5.68. The van der Waals surface area contributed by atoms with Gasteiger partial charge >= 0.3 is 0 Å². The number of amides is 1. The van der Waals surface area contributed by atoms with Crippen LogP contribution in [0.3, 0.4) is 0 Å². The van der Waals surface area contributed by atoms with Crippen molar-refractivity contribution in [2.24, 2.45) is 0 Å². The smallest absolute Gasteiger partial charge is 0.251 e. The number of rotatable bonds is 2. The fourth-order valence-electron chi connectivity index (χ4n) is 2.03. The summed E-state index contributed by atoms with van der Waals surface area (Å²) in [6, 6.07) is 9.57. The largest absolute Gasteiger partial charge is 0.355 e. The molecule has 0 spiro atoms.